The van der Waals surface area contributed by atoms with Crippen LogP contribution in [0, 0.1) is 34.5 Å². The monoisotopic (exact) mass is 694 g/mol. The molecule has 0 aromatic rings. The minimum Gasteiger partial charge on any atom is -0.454 e. The van der Waals surface area contributed by atoms with E-state index in [0.29, 0.717) is 48.0 Å². The number of carbonyl (C=O) groups is 4. The van der Waals surface area contributed by atoms with E-state index in [2.05, 4.69) is 0 Å². The second kappa shape index (κ2) is 12.2. The van der Waals surface area contributed by atoms with Crippen LogP contribution in [0.3, 0.4) is 0 Å². The molecular weight excluding hydrogens is 640 g/mol. The van der Waals surface area contributed by atoms with Gasteiger partial charge in [-0.1, -0.05) is 39.8 Å². The summed E-state index contributed by atoms with van der Waals surface area (Å²) in [4.78, 5) is 55.6. The van der Waals surface area contributed by atoms with E-state index < -0.39 is 70.3 Å². The number of ether oxygens (including phenoxy) is 4. The lowest BCUT2D eigenvalue weighted by molar-refractivity contribution is -0.242. The first-order valence-electron chi connectivity index (χ1n) is 18.3. The molecule has 2 heterocycles. The zero-order valence-corrected chi connectivity index (χ0v) is 31.2. The Kier molecular flexibility index (Phi) is 8.90. The number of allylic oxidation sites excluding steroid dienone is 2. The van der Waals surface area contributed by atoms with Crippen LogP contribution in [0.5, 0.6) is 0 Å². The molecule has 6 rings (SSSR count). The summed E-state index contributed by atoms with van der Waals surface area (Å²) in [5.41, 5.74) is -2.52. The molecular formula is C40H54O10. The molecule has 0 aromatic heterocycles. The maximum Gasteiger partial charge on any atom is 0.335 e. The van der Waals surface area contributed by atoms with Crippen molar-refractivity contribution in [1.82, 2.24) is 0 Å². The number of esters is 4. The standard InChI is InChI=1S/C40H54O10/c1-11-19(3)33(43)47-31-29-21(5)35(45)49-39(29,17-25-13-15-27(41)23(7)37(25,31)9)40-18-26-14-16-28(42)24(8)38(26,10)32(48-34(44)20(4)12-2)30(40)22(6)36(46)50-40/h11-12,23-28,31-32,41-42H,13-18H2,1-10H3/b19-11-,20-12-/t23-,24-,25?,26?,27-,28-,31+,32+,37+,38+,39-,40-/m0/s1. The van der Waals surface area contributed by atoms with Crippen molar-refractivity contribution in [2.45, 2.75) is 143 Å². The van der Waals surface area contributed by atoms with E-state index in [4.69, 9.17) is 18.9 Å². The Hall–Kier alpha value is -3.24. The van der Waals surface area contributed by atoms with E-state index in [-0.39, 0.29) is 47.7 Å². The molecule has 274 valence electrons. The van der Waals surface area contributed by atoms with Crippen molar-refractivity contribution in [3.63, 3.8) is 0 Å². The van der Waals surface area contributed by atoms with Gasteiger partial charge in [0.15, 0.2) is 11.2 Å². The molecule has 6 aliphatic rings. The van der Waals surface area contributed by atoms with Gasteiger partial charge in [-0.15, -0.1) is 0 Å². The summed E-state index contributed by atoms with van der Waals surface area (Å²) in [5.74, 6) is -3.33. The van der Waals surface area contributed by atoms with Crippen LogP contribution in [0.15, 0.2) is 45.6 Å². The number of hydrogen-bond acceptors (Lipinski definition) is 10. The van der Waals surface area contributed by atoms with Crippen LogP contribution in [0.25, 0.3) is 0 Å². The summed E-state index contributed by atoms with van der Waals surface area (Å²) >= 11 is 0. The molecule has 0 spiro atoms. The lowest BCUT2D eigenvalue weighted by Gasteiger charge is -2.65. The normalized spacial score (nSPS) is 44.5. The van der Waals surface area contributed by atoms with Gasteiger partial charge in [-0.2, -0.15) is 0 Å². The smallest absolute Gasteiger partial charge is 0.335 e. The molecule has 4 saturated carbocycles. The van der Waals surface area contributed by atoms with Crippen LogP contribution in [0.1, 0.15) is 108 Å². The van der Waals surface area contributed by atoms with Gasteiger partial charge < -0.3 is 29.2 Å². The van der Waals surface area contributed by atoms with Crippen molar-refractivity contribution in [1.29, 1.82) is 0 Å². The lowest BCUT2D eigenvalue weighted by Crippen LogP contribution is -2.72. The van der Waals surface area contributed by atoms with Gasteiger partial charge in [0.25, 0.3) is 0 Å². The summed E-state index contributed by atoms with van der Waals surface area (Å²) in [5, 5.41) is 22.5. The molecule has 10 nitrogen and oxygen atoms in total. The maximum atomic E-state index is 14.1. The molecule has 2 unspecified atom stereocenters. The summed E-state index contributed by atoms with van der Waals surface area (Å²) in [7, 11) is 0. The summed E-state index contributed by atoms with van der Waals surface area (Å²) in [6, 6.07) is 0. The highest BCUT2D eigenvalue weighted by atomic mass is 16.6. The predicted octanol–water partition coefficient (Wildman–Crippen LogP) is 5.60. The molecule has 0 amide bonds. The first-order chi connectivity index (χ1) is 23.4. The molecule has 10 heteroatoms. The van der Waals surface area contributed by atoms with Crippen LogP contribution in [0.4, 0.5) is 0 Å². The second-order valence-electron chi connectivity index (χ2n) is 16.4. The zero-order chi connectivity index (χ0) is 36.9. The highest BCUT2D eigenvalue weighted by Crippen LogP contribution is 2.71. The van der Waals surface area contributed by atoms with Crippen LogP contribution in [-0.2, 0) is 38.1 Å². The topological polar surface area (TPSA) is 146 Å². The van der Waals surface area contributed by atoms with Crippen LogP contribution in [0.2, 0.25) is 0 Å². The summed E-state index contributed by atoms with van der Waals surface area (Å²) in [6.07, 6.45) is 2.69. The lowest BCUT2D eigenvalue weighted by atomic mass is 9.43. The first kappa shape index (κ1) is 36.5. The number of rotatable bonds is 5. The number of hydrogen-bond donors (Lipinski definition) is 2. The molecule has 12 atom stereocenters. The van der Waals surface area contributed by atoms with Crippen LogP contribution >= 0.6 is 0 Å². The quantitative estimate of drug-likeness (QED) is 0.212. The van der Waals surface area contributed by atoms with Gasteiger partial charge in [0.2, 0.25) is 0 Å². The van der Waals surface area contributed by atoms with Crippen LogP contribution < -0.4 is 0 Å². The minimum atomic E-state index is -1.58. The van der Waals surface area contributed by atoms with Gasteiger partial charge in [-0.3, -0.25) is 0 Å². The fraction of sp³-hybridized carbons (Fsp3) is 0.700. The molecule has 0 bridgehead atoms. The van der Waals surface area contributed by atoms with E-state index in [0.717, 1.165) is 0 Å². The van der Waals surface area contributed by atoms with Gasteiger partial charge in [-0.05, 0) is 104 Å². The molecule has 0 saturated heterocycles. The number of aliphatic hydroxyl groups is 2. The third-order valence-corrected chi connectivity index (χ3v) is 14.7. The third-order valence-electron chi connectivity index (χ3n) is 14.7. The highest BCUT2D eigenvalue weighted by Gasteiger charge is 2.79. The average Bonchev–Trinajstić information content (AvgIpc) is 3.50. The maximum absolute atomic E-state index is 14.1. The molecule has 2 aliphatic heterocycles. The fourth-order valence-corrected chi connectivity index (χ4v) is 10.8. The minimum absolute atomic E-state index is 0.214. The van der Waals surface area contributed by atoms with E-state index in [1.807, 2.05) is 27.7 Å². The Morgan fingerprint density at radius 3 is 1.36 bits per heavy atom. The predicted molar refractivity (Wildman–Crippen MR) is 183 cm³/mol. The van der Waals surface area contributed by atoms with Gasteiger partial charge in [0, 0.05) is 44.3 Å². The SMILES string of the molecule is C/C=C(/C)C(=O)O[C@@H]1C2=C(C)C(=O)O[C@@]2([C@]23CC4CC[C@H](O)[C@H](C)[C@@]4(C)[C@H](OC(=O)/C(C)=C\C)C2=C(C)C(=O)O3)CC2CC[C@H](O)[C@H](C)[C@]21C. The van der Waals surface area contributed by atoms with Gasteiger partial charge in [-0.25, -0.2) is 19.2 Å². The summed E-state index contributed by atoms with van der Waals surface area (Å²) in [6.45, 7) is 18.1. The Morgan fingerprint density at radius 2 is 1.04 bits per heavy atom. The van der Waals surface area contributed by atoms with Gasteiger partial charge in [0.05, 0.1) is 12.2 Å². The Labute approximate surface area is 295 Å². The van der Waals surface area contributed by atoms with Crippen molar-refractivity contribution < 1.29 is 48.3 Å². The fourth-order valence-electron chi connectivity index (χ4n) is 10.8. The Morgan fingerprint density at radius 1 is 0.700 bits per heavy atom. The molecule has 0 radical (unpaired) electrons. The zero-order valence-electron chi connectivity index (χ0n) is 31.2. The molecule has 2 N–H and O–H groups in total. The second-order valence-corrected chi connectivity index (χ2v) is 16.4. The van der Waals surface area contributed by atoms with E-state index in [1.165, 1.54) is 0 Å². The van der Waals surface area contributed by atoms with Crippen molar-refractivity contribution in [3.8, 4) is 0 Å². The number of fused-ring (bicyclic) bond motifs is 5. The average molecular weight is 695 g/mol. The number of aliphatic hydroxyl groups excluding tert-OH is 2. The largest absolute Gasteiger partial charge is 0.454 e. The molecule has 0 aromatic carbocycles. The summed E-state index contributed by atoms with van der Waals surface area (Å²) < 4.78 is 26.3. The Balaban J connectivity index is 1.64. The number of carbonyl (C=O) groups excluding carboxylic acids is 4. The Bertz CT molecular complexity index is 1530. The van der Waals surface area contributed by atoms with Crippen molar-refractivity contribution in [2.24, 2.45) is 34.5 Å². The molecule has 4 aliphatic carbocycles. The van der Waals surface area contributed by atoms with E-state index in [1.54, 1.807) is 53.7 Å². The van der Waals surface area contributed by atoms with Crippen molar-refractivity contribution in [2.75, 3.05) is 0 Å². The molecule has 50 heavy (non-hydrogen) atoms. The van der Waals surface area contributed by atoms with E-state index in [9.17, 15) is 29.4 Å². The van der Waals surface area contributed by atoms with Crippen molar-refractivity contribution in [3.05, 3.63) is 45.6 Å². The highest BCUT2D eigenvalue weighted by molar-refractivity contribution is 5.97. The van der Waals surface area contributed by atoms with Gasteiger partial charge >= 0.3 is 23.9 Å². The van der Waals surface area contributed by atoms with Crippen molar-refractivity contribution >= 4 is 23.9 Å². The molecule has 4 fully saturated rings. The van der Waals surface area contributed by atoms with Crippen LogP contribution in [-0.4, -0.2) is 69.7 Å². The first-order valence-corrected chi connectivity index (χ1v) is 18.3. The third kappa shape index (κ3) is 4.65. The van der Waals surface area contributed by atoms with E-state index >= 15 is 0 Å². The van der Waals surface area contributed by atoms with Gasteiger partial charge in [0.1, 0.15) is 12.2 Å².